The highest BCUT2D eigenvalue weighted by Gasteiger charge is 2.53. The Bertz CT molecular complexity index is 1330. The lowest BCUT2D eigenvalue weighted by Crippen LogP contribution is -2.39. The molecule has 2 aliphatic heterocycles. The van der Waals surface area contributed by atoms with Gasteiger partial charge in [-0.2, -0.15) is 0 Å². The minimum Gasteiger partial charge on any atom is -0.493 e. The summed E-state index contributed by atoms with van der Waals surface area (Å²) in [6.45, 7) is 2.41. The summed E-state index contributed by atoms with van der Waals surface area (Å²) in [5.41, 5.74) is 2.01. The molecule has 8 heteroatoms. The first-order chi connectivity index (χ1) is 17.1. The number of amides is 1. The van der Waals surface area contributed by atoms with Crippen molar-refractivity contribution in [2.45, 2.75) is 44.8 Å². The predicted molar refractivity (Wildman–Crippen MR) is 133 cm³/mol. The Kier molecular flexibility index (Phi) is 5.48. The van der Waals surface area contributed by atoms with Crippen LogP contribution >= 0.6 is 11.3 Å². The summed E-state index contributed by atoms with van der Waals surface area (Å²) < 4.78 is 18.5. The van der Waals surface area contributed by atoms with Gasteiger partial charge in [0.05, 0.1) is 41.5 Å². The second-order valence-corrected chi connectivity index (χ2v) is 10.0. The monoisotopic (exact) mass is 490 g/mol. The van der Waals surface area contributed by atoms with Crippen LogP contribution in [0.3, 0.4) is 0 Å². The standard InChI is InChI=1S/C27H26N2O5S/c1-3-33-19-13-12-15(14-20(19)32-2)23-22-24(30)16-8-4-6-10-18(16)34-25(22)26(31)29(23)27-28-17-9-5-7-11-21(17)35-27/h5,7,9,11-14,16,18,23H,3-4,6,8,10H2,1-2H3. The third kappa shape index (κ3) is 3.50. The number of Topliss-reactive ketones (excluding diaryl/α,β-unsaturated/α-hetero) is 1. The van der Waals surface area contributed by atoms with Gasteiger partial charge in [-0.25, -0.2) is 4.98 Å². The number of hydrogen-bond donors (Lipinski definition) is 0. The van der Waals surface area contributed by atoms with Gasteiger partial charge in [0.25, 0.3) is 5.91 Å². The number of methoxy groups -OCH3 is 1. The molecule has 0 N–H and O–H groups in total. The van der Waals surface area contributed by atoms with Crippen LogP contribution in [-0.4, -0.2) is 36.5 Å². The fraction of sp³-hybridized carbons (Fsp3) is 0.370. The van der Waals surface area contributed by atoms with E-state index in [-0.39, 0.29) is 29.5 Å². The molecule has 3 unspecified atom stereocenters. The number of fused-ring (bicyclic) bond motifs is 2. The van der Waals surface area contributed by atoms with E-state index in [0.717, 1.165) is 41.5 Å². The molecule has 35 heavy (non-hydrogen) atoms. The van der Waals surface area contributed by atoms with E-state index in [9.17, 15) is 9.59 Å². The van der Waals surface area contributed by atoms with Gasteiger partial charge < -0.3 is 14.2 Å². The molecule has 3 heterocycles. The van der Waals surface area contributed by atoms with Crippen molar-refractivity contribution in [1.82, 2.24) is 4.98 Å². The van der Waals surface area contributed by atoms with Crippen molar-refractivity contribution >= 4 is 38.4 Å². The maximum Gasteiger partial charge on any atom is 0.296 e. The van der Waals surface area contributed by atoms with Crippen LogP contribution in [0.25, 0.3) is 10.2 Å². The number of rotatable bonds is 5. The number of thiazole rings is 1. The number of para-hydroxylation sites is 1. The zero-order valence-electron chi connectivity index (χ0n) is 19.7. The number of anilines is 1. The quantitative estimate of drug-likeness (QED) is 0.489. The Balaban J connectivity index is 1.51. The third-order valence-corrected chi connectivity index (χ3v) is 8.09. The van der Waals surface area contributed by atoms with Gasteiger partial charge >= 0.3 is 0 Å². The number of aromatic nitrogens is 1. The normalized spacial score (nSPS) is 23.8. The number of hydrogen-bond acceptors (Lipinski definition) is 7. The van der Waals surface area contributed by atoms with E-state index in [1.54, 1.807) is 12.0 Å². The van der Waals surface area contributed by atoms with E-state index in [1.807, 2.05) is 49.4 Å². The molecule has 0 spiro atoms. The number of carbonyl (C=O) groups is 2. The van der Waals surface area contributed by atoms with Gasteiger partial charge in [-0.15, -0.1) is 0 Å². The highest BCUT2D eigenvalue weighted by atomic mass is 32.1. The molecule has 2 aromatic carbocycles. The molecule has 1 saturated carbocycles. The van der Waals surface area contributed by atoms with Crippen LogP contribution in [0.5, 0.6) is 11.5 Å². The first-order valence-corrected chi connectivity index (χ1v) is 12.9. The Hall–Kier alpha value is -3.39. The van der Waals surface area contributed by atoms with Gasteiger partial charge in [0, 0.05) is 0 Å². The van der Waals surface area contributed by atoms with Crippen LogP contribution in [0, 0.1) is 5.92 Å². The molecular weight excluding hydrogens is 464 g/mol. The van der Waals surface area contributed by atoms with E-state index in [0.29, 0.717) is 28.8 Å². The van der Waals surface area contributed by atoms with E-state index in [4.69, 9.17) is 19.2 Å². The Morgan fingerprint density at radius 3 is 2.74 bits per heavy atom. The first kappa shape index (κ1) is 22.1. The van der Waals surface area contributed by atoms with Crippen LogP contribution < -0.4 is 14.4 Å². The maximum absolute atomic E-state index is 13.9. The highest BCUT2D eigenvalue weighted by molar-refractivity contribution is 7.22. The number of benzene rings is 2. The van der Waals surface area contributed by atoms with Gasteiger partial charge in [-0.05, 0) is 56.0 Å². The molecule has 0 radical (unpaired) electrons. The van der Waals surface area contributed by atoms with E-state index >= 15 is 0 Å². The Labute approximate surface area is 207 Å². The SMILES string of the molecule is CCOc1ccc(C2C3=C(OC4CCCCC4C3=O)C(=O)N2c2nc3ccccc3s2)cc1OC. The zero-order valence-corrected chi connectivity index (χ0v) is 20.5. The molecule has 1 fully saturated rings. The van der Waals surface area contributed by atoms with Crippen LogP contribution in [0.15, 0.2) is 53.8 Å². The van der Waals surface area contributed by atoms with Crippen LogP contribution in [0.2, 0.25) is 0 Å². The summed E-state index contributed by atoms with van der Waals surface area (Å²) in [7, 11) is 1.58. The van der Waals surface area contributed by atoms with Gasteiger partial charge in [0.1, 0.15) is 6.10 Å². The lowest BCUT2D eigenvalue weighted by atomic mass is 9.77. The second kappa shape index (κ2) is 8.68. The average molecular weight is 491 g/mol. The summed E-state index contributed by atoms with van der Waals surface area (Å²) in [6, 6.07) is 12.7. The van der Waals surface area contributed by atoms with E-state index in [2.05, 4.69) is 0 Å². The fourth-order valence-electron chi connectivity index (χ4n) is 5.45. The summed E-state index contributed by atoms with van der Waals surface area (Å²) in [5.74, 6) is 0.838. The summed E-state index contributed by atoms with van der Waals surface area (Å²) >= 11 is 1.43. The average Bonchev–Trinajstić information content (AvgIpc) is 3.43. The van der Waals surface area contributed by atoms with Crippen molar-refractivity contribution in [2.24, 2.45) is 5.92 Å². The molecular formula is C27H26N2O5S. The molecule has 180 valence electrons. The minimum atomic E-state index is -0.641. The maximum atomic E-state index is 13.9. The smallest absolute Gasteiger partial charge is 0.296 e. The number of nitrogens with zero attached hydrogens (tertiary/aromatic N) is 2. The summed E-state index contributed by atoms with van der Waals surface area (Å²) in [4.78, 5) is 34.1. The van der Waals surface area contributed by atoms with E-state index in [1.165, 1.54) is 11.3 Å². The van der Waals surface area contributed by atoms with Crippen molar-refractivity contribution in [1.29, 1.82) is 0 Å². The van der Waals surface area contributed by atoms with Gasteiger partial charge in [0.15, 0.2) is 28.2 Å². The predicted octanol–water partition coefficient (Wildman–Crippen LogP) is 5.20. The number of carbonyl (C=O) groups excluding carboxylic acids is 2. The number of ketones is 1. The molecule has 7 nitrogen and oxygen atoms in total. The summed E-state index contributed by atoms with van der Waals surface area (Å²) in [6.07, 6.45) is 3.35. The Morgan fingerprint density at radius 2 is 1.94 bits per heavy atom. The highest BCUT2D eigenvalue weighted by Crippen LogP contribution is 2.50. The van der Waals surface area contributed by atoms with Crippen molar-refractivity contribution in [3.8, 4) is 11.5 Å². The number of ether oxygens (including phenoxy) is 3. The second-order valence-electron chi connectivity index (χ2n) is 9.04. The van der Waals surface area contributed by atoms with Gasteiger partial charge in [-0.1, -0.05) is 36.0 Å². The van der Waals surface area contributed by atoms with Crippen molar-refractivity contribution in [3.63, 3.8) is 0 Å². The van der Waals surface area contributed by atoms with Crippen molar-refractivity contribution in [3.05, 3.63) is 59.4 Å². The lowest BCUT2D eigenvalue weighted by Gasteiger charge is -2.35. The molecule has 6 rings (SSSR count). The fourth-order valence-corrected chi connectivity index (χ4v) is 6.44. The van der Waals surface area contributed by atoms with Gasteiger partial charge in [0.2, 0.25) is 0 Å². The minimum absolute atomic E-state index is 0.0192. The van der Waals surface area contributed by atoms with Crippen molar-refractivity contribution < 1.29 is 23.8 Å². The van der Waals surface area contributed by atoms with E-state index < -0.39 is 6.04 Å². The summed E-state index contributed by atoms with van der Waals surface area (Å²) in [5, 5.41) is 0.544. The lowest BCUT2D eigenvalue weighted by molar-refractivity contribution is -0.131. The molecule has 3 aliphatic rings. The zero-order chi connectivity index (χ0) is 24.1. The molecule has 3 aromatic rings. The Morgan fingerprint density at radius 1 is 1.11 bits per heavy atom. The molecule has 1 aliphatic carbocycles. The largest absolute Gasteiger partial charge is 0.493 e. The van der Waals surface area contributed by atoms with Crippen LogP contribution in [0.4, 0.5) is 5.13 Å². The molecule has 0 saturated heterocycles. The molecule has 1 aromatic heterocycles. The van der Waals surface area contributed by atoms with Crippen molar-refractivity contribution in [2.75, 3.05) is 18.6 Å². The van der Waals surface area contributed by atoms with Crippen LogP contribution in [0.1, 0.15) is 44.2 Å². The third-order valence-electron chi connectivity index (χ3n) is 7.06. The topological polar surface area (TPSA) is 78.0 Å². The molecule has 1 amide bonds. The first-order valence-electron chi connectivity index (χ1n) is 12.1. The van der Waals surface area contributed by atoms with Crippen LogP contribution in [-0.2, 0) is 14.3 Å². The molecule has 3 atom stereocenters. The van der Waals surface area contributed by atoms with Gasteiger partial charge in [-0.3, -0.25) is 14.5 Å². The molecule has 0 bridgehead atoms.